The number of benzene rings is 3. The van der Waals surface area contributed by atoms with Gasteiger partial charge in [0.2, 0.25) is 5.91 Å². The number of carbonyl (C=O) groups excluding carboxylic acids is 3. The second kappa shape index (κ2) is 14.8. The number of carbonyl (C=O) groups is 3. The topological polar surface area (TPSA) is 141 Å². The highest BCUT2D eigenvalue weighted by Gasteiger charge is 2.19. The summed E-state index contributed by atoms with van der Waals surface area (Å²) in [5.41, 5.74) is 1.25. The molecule has 44 heavy (non-hydrogen) atoms. The summed E-state index contributed by atoms with van der Waals surface area (Å²) in [6.45, 7) is 3.49. The molecule has 3 amide bonds. The average Bonchev–Trinajstić information content (AvgIpc) is 3.44. The van der Waals surface area contributed by atoms with E-state index in [4.69, 9.17) is 18.7 Å². The highest BCUT2D eigenvalue weighted by Crippen LogP contribution is 2.36. The van der Waals surface area contributed by atoms with E-state index in [2.05, 4.69) is 21.1 Å². The van der Waals surface area contributed by atoms with Gasteiger partial charge in [0.15, 0.2) is 17.3 Å². The van der Waals surface area contributed by atoms with Crippen molar-refractivity contribution in [1.29, 1.82) is 0 Å². The SMILES string of the molecule is COc1cc(OC)c(OC)cc1/C=C(/NC(=O)c1ccccc1)C(=O)Nc1cccc(SC(C)C(=O)Nc2cc(C)on2)c1. The minimum absolute atomic E-state index is 0.0434. The number of amides is 3. The predicted octanol–water partition coefficient (Wildman–Crippen LogP) is 5.54. The zero-order valence-electron chi connectivity index (χ0n) is 24.8. The lowest BCUT2D eigenvalue weighted by Crippen LogP contribution is -2.30. The van der Waals surface area contributed by atoms with Crippen LogP contribution in [-0.4, -0.2) is 49.5 Å². The molecule has 1 atom stereocenters. The highest BCUT2D eigenvalue weighted by molar-refractivity contribution is 8.00. The largest absolute Gasteiger partial charge is 0.496 e. The van der Waals surface area contributed by atoms with Gasteiger partial charge < -0.3 is 34.7 Å². The van der Waals surface area contributed by atoms with E-state index in [1.807, 2.05) is 6.07 Å². The lowest BCUT2D eigenvalue weighted by Gasteiger charge is -2.15. The minimum atomic E-state index is -0.583. The molecule has 0 radical (unpaired) electrons. The van der Waals surface area contributed by atoms with Crippen molar-refractivity contribution in [2.75, 3.05) is 32.0 Å². The quantitative estimate of drug-likeness (QED) is 0.138. The van der Waals surface area contributed by atoms with Crippen LogP contribution in [-0.2, 0) is 9.59 Å². The molecule has 11 nitrogen and oxygen atoms in total. The van der Waals surface area contributed by atoms with Crippen molar-refractivity contribution in [2.24, 2.45) is 0 Å². The van der Waals surface area contributed by atoms with E-state index in [0.29, 0.717) is 45.6 Å². The van der Waals surface area contributed by atoms with Crippen LogP contribution < -0.4 is 30.2 Å². The summed E-state index contributed by atoms with van der Waals surface area (Å²) in [4.78, 5) is 40.1. The Balaban J connectivity index is 1.58. The fourth-order valence-electron chi connectivity index (χ4n) is 4.02. The second-order valence-corrected chi connectivity index (χ2v) is 10.8. The third kappa shape index (κ3) is 8.19. The van der Waals surface area contributed by atoms with Gasteiger partial charge in [0.05, 0.1) is 26.6 Å². The standard InChI is InChI=1S/C32H32N4O7S/c1-19-14-29(36-43-19)35-30(37)20(2)44-24-13-9-12-23(17-24)33-32(39)25(34-31(38)21-10-7-6-8-11-21)15-22-16-27(41-4)28(42-5)18-26(22)40-3/h6-18,20H,1-5H3,(H,33,39)(H,34,38)(H,35,36,37)/b25-15+. The Kier molecular flexibility index (Phi) is 10.7. The van der Waals surface area contributed by atoms with Crippen molar-refractivity contribution < 1.29 is 33.1 Å². The van der Waals surface area contributed by atoms with E-state index < -0.39 is 17.1 Å². The number of nitrogens with one attached hydrogen (secondary N) is 3. The number of aromatic nitrogens is 1. The Morgan fingerprint density at radius 1 is 0.864 bits per heavy atom. The zero-order valence-corrected chi connectivity index (χ0v) is 25.6. The van der Waals surface area contributed by atoms with Crippen LogP contribution in [0.4, 0.5) is 11.5 Å². The van der Waals surface area contributed by atoms with Crippen molar-refractivity contribution in [1.82, 2.24) is 10.5 Å². The second-order valence-electron chi connectivity index (χ2n) is 9.38. The molecule has 0 aliphatic heterocycles. The van der Waals surface area contributed by atoms with E-state index in [1.54, 1.807) is 80.6 Å². The molecule has 1 heterocycles. The monoisotopic (exact) mass is 616 g/mol. The molecule has 1 unspecified atom stereocenters. The number of anilines is 2. The fourth-order valence-corrected chi connectivity index (χ4v) is 4.95. The number of rotatable bonds is 12. The van der Waals surface area contributed by atoms with E-state index in [0.717, 1.165) is 4.90 Å². The third-order valence-electron chi connectivity index (χ3n) is 6.22. The minimum Gasteiger partial charge on any atom is -0.496 e. The summed E-state index contributed by atoms with van der Waals surface area (Å²) < 4.78 is 21.3. The van der Waals surface area contributed by atoms with Crippen molar-refractivity contribution >= 4 is 47.1 Å². The van der Waals surface area contributed by atoms with Crippen LogP contribution in [0.5, 0.6) is 17.2 Å². The van der Waals surface area contributed by atoms with E-state index in [-0.39, 0.29) is 11.6 Å². The Morgan fingerprint density at radius 2 is 1.57 bits per heavy atom. The predicted molar refractivity (Wildman–Crippen MR) is 168 cm³/mol. The summed E-state index contributed by atoms with van der Waals surface area (Å²) in [7, 11) is 4.48. The fraction of sp³-hybridized carbons (Fsp3) is 0.188. The first kappa shape index (κ1) is 31.7. The van der Waals surface area contributed by atoms with E-state index in [1.165, 1.54) is 39.2 Å². The molecule has 4 rings (SSSR count). The maximum atomic E-state index is 13.6. The number of methoxy groups -OCH3 is 3. The van der Waals surface area contributed by atoms with Gasteiger partial charge in [0.1, 0.15) is 17.2 Å². The van der Waals surface area contributed by atoms with Gasteiger partial charge in [-0.3, -0.25) is 14.4 Å². The van der Waals surface area contributed by atoms with Gasteiger partial charge in [0.25, 0.3) is 11.8 Å². The Hall–Kier alpha value is -5.23. The molecule has 4 aromatic rings. The maximum Gasteiger partial charge on any atom is 0.272 e. The Bertz CT molecular complexity index is 1670. The molecule has 0 aliphatic rings. The van der Waals surface area contributed by atoms with Gasteiger partial charge in [-0.1, -0.05) is 29.4 Å². The molecular formula is C32H32N4O7S. The maximum absolute atomic E-state index is 13.6. The van der Waals surface area contributed by atoms with Crippen molar-refractivity contribution in [3.8, 4) is 17.2 Å². The van der Waals surface area contributed by atoms with Crippen LogP contribution >= 0.6 is 11.8 Å². The molecule has 228 valence electrons. The average molecular weight is 617 g/mol. The van der Waals surface area contributed by atoms with Gasteiger partial charge >= 0.3 is 0 Å². The Labute approximate surface area is 258 Å². The van der Waals surface area contributed by atoms with Gasteiger partial charge in [-0.2, -0.15) is 0 Å². The number of hydrogen-bond donors (Lipinski definition) is 3. The molecule has 3 N–H and O–H groups in total. The summed E-state index contributed by atoms with van der Waals surface area (Å²) >= 11 is 1.30. The smallest absolute Gasteiger partial charge is 0.272 e. The molecule has 1 aromatic heterocycles. The summed E-state index contributed by atoms with van der Waals surface area (Å²) in [5.74, 6) is 0.859. The molecule has 0 aliphatic carbocycles. The van der Waals surface area contributed by atoms with Gasteiger partial charge in [0, 0.05) is 33.8 Å². The van der Waals surface area contributed by atoms with Crippen LogP contribution in [0.15, 0.2) is 87.9 Å². The van der Waals surface area contributed by atoms with E-state index in [9.17, 15) is 14.4 Å². The van der Waals surface area contributed by atoms with Crippen molar-refractivity contribution in [3.63, 3.8) is 0 Å². The van der Waals surface area contributed by atoms with Crippen LogP contribution in [0, 0.1) is 6.92 Å². The normalized spacial score (nSPS) is 11.7. The van der Waals surface area contributed by atoms with Crippen molar-refractivity contribution in [2.45, 2.75) is 24.0 Å². The lowest BCUT2D eigenvalue weighted by molar-refractivity contribution is -0.115. The van der Waals surface area contributed by atoms with E-state index >= 15 is 0 Å². The van der Waals surface area contributed by atoms with Crippen LogP contribution in [0.3, 0.4) is 0 Å². The molecule has 0 saturated carbocycles. The highest BCUT2D eigenvalue weighted by atomic mass is 32.2. The number of thioether (sulfide) groups is 1. The summed E-state index contributed by atoms with van der Waals surface area (Å²) in [6.07, 6.45) is 1.49. The number of aryl methyl sites for hydroxylation is 1. The molecule has 0 fully saturated rings. The number of ether oxygens (including phenoxy) is 3. The molecular weight excluding hydrogens is 584 g/mol. The summed E-state index contributed by atoms with van der Waals surface area (Å²) in [5, 5.41) is 11.6. The van der Waals surface area contributed by atoms with Crippen LogP contribution in [0.1, 0.15) is 28.6 Å². The zero-order chi connectivity index (χ0) is 31.6. The van der Waals surface area contributed by atoms with Gasteiger partial charge in [-0.25, -0.2) is 0 Å². The molecule has 0 spiro atoms. The van der Waals surface area contributed by atoms with Gasteiger partial charge in [-0.05, 0) is 56.3 Å². The first-order valence-electron chi connectivity index (χ1n) is 13.4. The number of hydrogen-bond acceptors (Lipinski definition) is 9. The summed E-state index contributed by atoms with van der Waals surface area (Å²) in [6, 6.07) is 20.5. The number of nitrogens with zero attached hydrogens (tertiary/aromatic N) is 1. The molecule has 3 aromatic carbocycles. The van der Waals surface area contributed by atoms with Crippen LogP contribution in [0.25, 0.3) is 6.08 Å². The van der Waals surface area contributed by atoms with Gasteiger partial charge in [-0.15, -0.1) is 11.8 Å². The first-order valence-corrected chi connectivity index (χ1v) is 14.3. The molecule has 12 heteroatoms. The molecule has 0 saturated heterocycles. The first-order chi connectivity index (χ1) is 21.2. The lowest BCUT2D eigenvalue weighted by atomic mass is 10.1. The third-order valence-corrected chi connectivity index (χ3v) is 7.31. The molecule has 0 bridgehead atoms. The van der Waals surface area contributed by atoms with Crippen molar-refractivity contribution in [3.05, 3.63) is 95.4 Å². The Morgan fingerprint density at radius 3 is 2.23 bits per heavy atom. The van der Waals surface area contributed by atoms with Crippen LogP contribution in [0.2, 0.25) is 0 Å².